The molecule has 0 aromatic carbocycles. The number of nitrogens with one attached hydrogen (secondary N) is 1. The molecule has 7 nitrogen and oxygen atoms in total. The SMILES string of the molecule is O=C1N([C@H]2CC[C@H](O)CC2)CC[C@@]12CCCN(c1ncnc3[nH]ccc13)C2. The lowest BCUT2D eigenvalue weighted by molar-refractivity contribution is -0.139. The summed E-state index contributed by atoms with van der Waals surface area (Å²) in [6.45, 7) is 2.54. The zero-order chi connectivity index (χ0) is 18.4. The van der Waals surface area contributed by atoms with Gasteiger partial charge in [0.15, 0.2) is 0 Å². The number of rotatable bonds is 2. The van der Waals surface area contributed by atoms with Gasteiger partial charge in [0, 0.05) is 31.9 Å². The van der Waals surface area contributed by atoms with Crippen LogP contribution in [-0.2, 0) is 4.79 Å². The number of aromatic nitrogens is 3. The number of piperidine rings is 1. The van der Waals surface area contributed by atoms with Gasteiger partial charge in [0.05, 0.1) is 16.9 Å². The summed E-state index contributed by atoms with van der Waals surface area (Å²) < 4.78 is 0. The molecular weight excluding hydrogens is 342 g/mol. The predicted molar refractivity (Wildman–Crippen MR) is 102 cm³/mol. The number of aliphatic hydroxyl groups excluding tert-OH is 1. The van der Waals surface area contributed by atoms with Crippen molar-refractivity contribution in [2.24, 2.45) is 5.41 Å². The molecule has 1 aliphatic carbocycles. The molecule has 1 atom stereocenters. The van der Waals surface area contributed by atoms with Crippen LogP contribution < -0.4 is 4.90 Å². The summed E-state index contributed by atoms with van der Waals surface area (Å²) in [4.78, 5) is 29.8. The van der Waals surface area contributed by atoms with Gasteiger partial charge in [0.2, 0.25) is 5.91 Å². The molecule has 0 bridgehead atoms. The largest absolute Gasteiger partial charge is 0.393 e. The summed E-state index contributed by atoms with van der Waals surface area (Å²) in [5.41, 5.74) is 0.571. The summed E-state index contributed by atoms with van der Waals surface area (Å²) in [5, 5.41) is 10.8. The lowest BCUT2D eigenvalue weighted by Gasteiger charge is -2.41. The van der Waals surface area contributed by atoms with Crippen molar-refractivity contribution in [1.29, 1.82) is 0 Å². The van der Waals surface area contributed by atoms with Crippen LogP contribution >= 0.6 is 0 Å². The van der Waals surface area contributed by atoms with E-state index in [0.29, 0.717) is 11.9 Å². The highest BCUT2D eigenvalue weighted by Gasteiger charge is 2.50. The third-order valence-corrected chi connectivity index (χ3v) is 6.86. The quantitative estimate of drug-likeness (QED) is 0.847. The third kappa shape index (κ3) is 2.79. The third-order valence-electron chi connectivity index (χ3n) is 6.86. The van der Waals surface area contributed by atoms with E-state index in [1.54, 1.807) is 6.33 Å². The van der Waals surface area contributed by atoms with E-state index >= 15 is 0 Å². The first-order chi connectivity index (χ1) is 13.2. The molecule has 4 heterocycles. The number of likely N-dealkylation sites (tertiary alicyclic amines) is 1. The van der Waals surface area contributed by atoms with E-state index in [2.05, 4.69) is 24.8 Å². The maximum absolute atomic E-state index is 13.5. The molecule has 27 heavy (non-hydrogen) atoms. The topological polar surface area (TPSA) is 85.3 Å². The van der Waals surface area contributed by atoms with E-state index in [0.717, 1.165) is 81.4 Å². The van der Waals surface area contributed by atoms with E-state index in [-0.39, 0.29) is 11.5 Å². The zero-order valence-electron chi connectivity index (χ0n) is 15.6. The van der Waals surface area contributed by atoms with Gasteiger partial charge in [0.1, 0.15) is 17.8 Å². The Morgan fingerprint density at radius 1 is 1.15 bits per heavy atom. The fourth-order valence-corrected chi connectivity index (χ4v) is 5.37. The molecular formula is C20H27N5O2. The van der Waals surface area contributed by atoms with Crippen LogP contribution in [0.3, 0.4) is 0 Å². The number of hydrogen-bond donors (Lipinski definition) is 2. The average Bonchev–Trinajstić information content (AvgIpc) is 3.29. The van der Waals surface area contributed by atoms with Crippen molar-refractivity contribution in [3.8, 4) is 0 Å². The van der Waals surface area contributed by atoms with Gasteiger partial charge in [-0.15, -0.1) is 0 Å². The number of carbonyl (C=O) groups excluding carboxylic acids is 1. The molecule has 2 saturated heterocycles. The first-order valence-electron chi connectivity index (χ1n) is 10.2. The number of H-pyrrole nitrogens is 1. The number of nitrogens with zero attached hydrogens (tertiary/aromatic N) is 4. The normalized spacial score (nSPS) is 32.0. The Morgan fingerprint density at radius 2 is 2.00 bits per heavy atom. The van der Waals surface area contributed by atoms with Crippen molar-refractivity contribution in [2.45, 2.75) is 57.1 Å². The smallest absolute Gasteiger partial charge is 0.230 e. The van der Waals surface area contributed by atoms with E-state index in [1.807, 2.05) is 12.3 Å². The Balaban J connectivity index is 1.37. The van der Waals surface area contributed by atoms with Crippen molar-refractivity contribution < 1.29 is 9.90 Å². The van der Waals surface area contributed by atoms with Crippen molar-refractivity contribution in [2.75, 3.05) is 24.5 Å². The Labute approximate surface area is 158 Å². The number of aliphatic hydroxyl groups is 1. The van der Waals surface area contributed by atoms with Crippen LogP contribution in [0.1, 0.15) is 44.9 Å². The highest BCUT2D eigenvalue weighted by molar-refractivity contribution is 5.89. The number of fused-ring (bicyclic) bond motifs is 1. The van der Waals surface area contributed by atoms with E-state index in [9.17, 15) is 9.90 Å². The Hall–Kier alpha value is -2.15. The van der Waals surface area contributed by atoms with E-state index in [4.69, 9.17) is 0 Å². The molecule has 1 amide bonds. The summed E-state index contributed by atoms with van der Waals surface area (Å²) in [5.74, 6) is 1.26. The first-order valence-corrected chi connectivity index (χ1v) is 10.2. The molecule has 2 N–H and O–H groups in total. The van der Waals surface area contributed by atoms with Gasteiger partial charge in [-0.25, -0.2) is 9.97 Å². The molecule has 3 fully saturated rings. The maximum Gasteiger partial charge on any atom is 0.230 e. The van der Waals surface area contributed by atoms with Gasteiger partial charge in [0.25, 0.3) is 0 Å². The number of hydrogen-bond acceptors (Lipinski definition) is 5. The van der Waals surface area contributed by atoms with Crippen molar-refractivity contribution in [3.05, 3.63) is 18.6 Å². The minimum Gasteiger partial charge on any atom is -0.393 e. The van der Waals surface area contributed by atoms with E-state index < -0.39 is 0 Å². The monoisotopic (exact) mass is 369 g/mol. The second-order valence-electron chi connectivity index (χ2n) is 8.45. The highest BCUT2D eigenvalue weighted by atomic mass is 16.3. The van der Waals surface area contributed by atoms with Crippen LogP contribution in [0, 0.1) is 5.41 Å². The van der Waals surface area contributed by atoms with Crippen LogP contribution in [0.2, 0.25) is 0 Å². The molecule has 1 saturated carbocycles. The molecule has 2 aliphatic heterocycles. The Bertz CT molecular complexity index is 844. The maximum atomic E-state index is 13.5. The van der Waals surface area contributed by atoms with Crippen molar-refractivity contribution >= 4 is 22.8 Å². The lowest BCUT2D eigenvalue weighted by Crippen LogP contribution is -2.50. The average molecular weight is 369 g/mol. The number of anilines is 1. The van der Waals surface area contributed by atoms with Gasteiger partial charge >= 0.3 is 0 Å². The lowest BCUT2D eigenvalue weighted by atomic mass is 9.78. The number of carbonyl (C=O) groups is 1. The molecule has 5 rings (SSSR count). The fourth-order valence-electron chi connectivity index (χ4n) is 5.37. The number of aromatic amines is 1. The van der Waals surface area contributed by atoms with Crippen LogP contribution in [-0.4, -0.2) is 62.6 Å². The summed E-state index contributed by atoms with van der Waals surface area (Å²) >= 11 is 0. The Morgan fingerprint density at radius 3 is 2.85 bits per heavy atom. The highest BCUT2D eigenvalue weighted by Crippen LogP contribution is 2.43. The molecule has 0 unspecified atom stereocenters. The van der Waals surface area contributed by atoms with Gasteiger partial charge < -0.3 is 19.9 Å². The molecule has 2 aromatic rings. The van der Waals surface area contributed by atoms with Gasteiger partial charge in [-0.2, -0.15) is 0 Å². The molecule has 7 heteroatoms. The second kappa shape index (κ2) is 6.48. The van der Waals surface area contributed by atoms with E-state index in [1.165, 1.54) is 0 Å². The van der Waals surface area contributed by atoms with Crippen molar-refractivity contribution in [1.82, 2.24) is 19.9 Å². The number of amides is 1. The van der Waals surface area contributed by atoms with Gasteiger partial charge in [-0.3, -0.25) is 4.79 Å². The summed E-state index contributed by atoms with van der Waals surface area (Å²) in [6.07, 6.45) is 9.73. The van der Waals surface area contributed by atoms with Crippen LogP contribution in [0.15, 0.2) is 18.6 Å². The summed E-state index contributed by atoms with van der Waals surface area (Å²) in [6, 6.07) is 2.33. The molecule has 1 spiro atoms. The minimum absolute atomic E-state index is 0.181. The second-order valence-corrected chi connectivity index (χ2v) is 8.45. The Kier molecular flexibility index (Phi) is 4.07. The summed E-state index contributed by atoms with van der Waals surface area (Å²) in [7, 11) is 0. The predicted octanol–water partition coefficient (Wildman–Crippen LogP) is 2.08. The van der Waals surface area contributed by atoms with Crippen LogP contribution in [0.25, 0.3) is 11.0 Å². The molecule has 144 valence electrons. The molecule has 3 aliphatic rings. The van der Waals surface area contributed by atoms with Gasteiger partial charge in [-0.05, 0) is 51.0 Å². The molecule has 0 radical (unpaired) electrons. The van der Waals surface area contributed by atoms with Gasteiger partial charge in [-0.1, -0.05) is 0 Å². The van der Waals surface area contributed by atoms with Crippen LogP contribution in [0.5, 0.6) is 0 Å². The molecule has 2 aromatic heterocycles. The van der Waals surface area contributed by atoms with Crippen LogP contribution in [0.4, 0.5) is 5.82 Å². The first kappa shape index (κ1) is 17.0. The van der Waals surface area contributed by atoms with Crippen molar-refractivity contribution in [3.63, 3.8) is 0 Å². The minimum atomic E-state index is -0.276. The standard InChI is InChI=1S/C20H27N5O2/c26-15-4-2-14(3-5-15)25-11-8-20(19(25)27)7-1-10-24(12-20)18-16-6-9-21-17(16)22-13-23-18/h6,9,13-15,26H,1-5,7-8,10-12H2,(H,21,22,23)/t14-,15-,20-/m1/s1. The fraction of sp³-hybridized carbons (Fsp3) is 0.650. The zero-order valence-corrected chi connectivity index (χ0v) is 15.6.